The Morgan fingerprint density at radius 2 is 1.59 bits per heavy atom. The Morgan fingerprint density at radius 3 is 2.20 bits per heavy atom. The van der Waals surface area contributed by atoms with Crippen LogP contribution in [-0.2, 0) is 25.7 Å². The van der Waals surface area contributed by atoms with Crippen molar-refractivity contribution in [2.75, 3.05) is 24.6 Å². The molecule has 0 saturated carbocycles. The van der Waals surface area contributed by atoms with Gasteiger partial charge in [0.1, 0.15) is 5.54 Å². The molecule has 2 aliphatic heterocycles. The van der Waals surface area contributed by atoms with Crippen LogP contribution in [0.3, 0.4) is 0 Å². The van der Waals surface area contributed by atoms with Crippen molar-refractivity contribution < 1.29 is 23.9 Å². The number of nitrogens with zero attached hydrogens (tertiary/aromatic N) is 2. The molecule has 7 nitrogen and oxygen atoms in total. The average molecular weight is 575 g/mol. The summed E-state index contributed by atoms with van der Waals surface area (Å²) >= 11 is 6.23. The number of amides is 1. The second-order valence-electron chi connectivity index (χ2n) is 10.6. The predicted octanol–water partition coefficient (Wildman–Crippen LogP) is 7.16. The number of rotatable bonds is 7. The van der Waals surface area contributed by atoms with Gasteiger partial charge in [0, 0.05) is 23.8 Å². The van der Waals surface area contributed by atoms with Gasteiger partial charge in [-0.3, -0.25) is 14.5 Å². The monoisotopic (exact) mass is 574 g/mol. The highest BCUT2D eigenvalue weighted by atomic mass is 35.5. The quantitative estimate of drug-likeness (QED) is 0.279. The first-order valence-electron chi connectivity index (χ1n) is 13.9. The fourth-order valence-corrected chi connectivity index (χ4v) is 6.17. The standard InChI is InChI=1S/C33H35ClN2O5/c1-5-39-32(38)41-30-29(28-23(3)19-22(2)20-24(28)4)31(37)36(27-13-11-26(34)12-14-27)33(30)15-17-35(18-16-33)40-21-25-9-7-6-8-10-25/h6-14,19-20H,5,15-18,21H2,1-4H3. The number of hydrogen-bond acceptors (Lipinski definition) is 6. The molecule has 2 aliphatic rings. The molecule has 3 aromatic carbocycles. The van der Waals surface area contributed by atoms with Gasteiger partial charge in [-0.1, -0.05) is 59.6 Å². The van der Waals surface area contributed by atoms with Crippen molar-refractivity contribution in [2.24, 2.45) is 0 Å². The van der Waals surface area contributed by atoms with E-state index in [0.29, 0.717) is 54.6 Å². The molecule has 1 amide bonds. The van der Waals surface area contributed by atoms with E-state index in [4.69, 9.17) is 25.9 Å². The summed E-state index contributed by atoms with van der Waals surface area (Å²) in [7, 11) is 0. The van der Waals surface area contributed by atoms with Crippen LogP contribution >= 0.6 is 11.6 Å². The van der Waals surface area contributed by atoms with Gasteiger partial charge < -0.3 is 9.47 Å². The van der Waals surface area contributed by atoms with Crippen molar-refractivity contribution in [2.45, 2.75) is 52.7 Å². The van der Waals surface area contributed by atoms with Crippen molar-refractivity contribution >= 4 is 34.9 Å². The number of hydroxylamine groups is 2. The lowest BCUT2D eigenvalue weighted by molar-refractivity contribution is -0.185. The lowest BCUT2D eigenvalue weighted by Crippen LogP contribution is -2.56. The summed E-state index contributed by atoms with van der Waals surface area (Å²) < 4.78 is 11.3. The summed E-state index contributed by atoms with van der Waals surface area (Å²) in [6.45, 7) is 9.37. The van der Waals surface area contributed by atoms with E-state index in [9.17, 15) is 9.59 Å². The van der Waals surface area contributed by atoms with E-state index in [0.717, 1.165) is 27.8 Å². The molecule has 0 atom stereocenters. The van der Waals surface area contributed by atoms with Gasteiger partial charge in [0.05, 0.1) is 18.8 Å². The summed E-state index contributed by atoms with van der Waals surface area (Å²) in [5.74, 6) is 0.106. The van der Waals surface area contributed by atoms with Crippen LogP contribution in [0.5, 0.6) is 0 Å². The van der Waals surface area contributed by atoms with Crippen LogP contribution in [0, 0.1) is 20.8 Å². The number of aryl methyl sites for hydroxylation is 3. The SMILES string of the molecule is CCOC(=O)OC1=C(c2c(C)cc(C)cc2C)C(=O)N(c2ccc(Cl)cc2)C12CCN(OCc1ccccc1)CC2. The van der Waals surface area contributed by atoms with Crippen molar-refractivity contribution in [3.63, 3.8) is 0 Å². The molecule has 1 spiro atoms. The summed E-state index contributed by atoms with van der Waals surface area (Å²) in [6.07, 6.45) is 0.145. The van der Waals surface area contributed by atoms with E-state index in [2.05, 4.69) is 0 Å². The molecule has 0 aliphatic carbocycles. The first-order valence-corrected chi connectivity index (χ1v) is 14.3. The third kappa shape index (κ3) is 5.75. The van der Waals surface area contributed by atoms with E-state index in [1.807, 2.05) is 80.4 Å². The molecule has 3 aromatic rings. The normalized spacial score (nSPS) is 16.9. The van der Waals surface area contributed by atoms with E-state index >= 15 is 0 Å². The maximum absolute atomic E-state index is 14.6. The van der Waals surface area contributed by atoms with Crippen molar-refractivity contribution in [3.8, 4) is 0 Å². The highest BCUT2D eigenvalue weighted by Crippen LogP contribution is 2.50. The van der Waals surface area contributed by atoms with Crippen molar-refractivity contribution in [1.82, 2.24) is 5.06 Å². The summed E-state index contributed by atoms with van der Waals surface area (Å²) in [5.41, 5.74) is 4.96. The van der Waals surface area contributed by atoms with E-state index in [1.165, 1.54) is 0 Å². The van der Waals surface area contributed by atoms with Gasteiger partial charge in [-0.25, -0.2) is 4.79 Å². The zero-order chi connectivity index (χ0) is 29.1. The molecule has 0 unspecified atom stereocenters. The van der Waals surface area contributed by atoms with Crippen LogP contribution in [0.25, 0.3) is 5.57 Å². The molecule has 41 heavy (non-hydrogen) atoms. The fourth-order valence-electron chi connectivity index (χ4n) is 6.04. The van der Waals surface area contributed by atoms with Gasteiger partial charge >= 0.3 is 6.16 Å². The van der Waals surface area contributed by atoms with Crippen LogP contribution in [0.2, 0.25) is 5.02 Å². The van der Waals surface area contributed by atoms with Gasteiger partial charge in [-0.05, 0) is 87.1 Å². The van der Waals surface area contributed by atoms with Gasteiger partial charge in [0.25, 0.3) is 5.91 Å². The van der Waals surface area contributed by atoms with Crippen molar-refractivity contribution in [1.29, 1.82) is 0 Å². The highest BCUT2D eigenvalue weighted by Gasteiger charge is 2.56. The second-order valence-corrected chi connectivity index (χ2v) is 11.0. The molecule has 214 valence electrons. The number of piperidine rings is 1. The number of hydrogen-bond donors (Lipinski definition) is 0. The van der Waals surface area contributed by atoms with Crippen molar-refractivity contribution in [3.05, 3.63) is 105 Å². The minimum atomic E-state index is -0.927. The first kappa shape index (κ1) is 28.9. The number of benzene rings is 3. The number of halogens is 1. The molecular weight excluding hydrogens is 540 g/mol. The number of carbonyl (C=O) groups excluding carboxylic acids is 2. The fraction of sp³-hybridized carbons (Fsp3) is 0.333. The molecule has 1 fully saturated rings. The maximum Gasteiger partial charge on any atom is 0.513 e. The summed E-state index contributed by atoms with van der Waals surface area (Å²) in [4.78, 5) is 35.4. The molecule has 5 rings (SSSR count). The topological polar surface area (TPSA) is 68.3 Å². The van der Waals surface area contributed by atoms with Crippen LogP contribution in [0.15, 0.2) is 72.5 Å². The predicted molar refractivity (Wildman–Crippen MR) is 159 cm³/mol. The van der Waals surface area contributed by atoms with Crippen LogP contribution in [0.4, 0.5) is 10.5 Å². The second kappa shape index (κ2) is 12.1. The molecule has 1 saturated heterocycles. The Morgan fingerprint density at radius 1 is 0.951 bits per heavy atom. The first-order chi connectivity index (χ1) is 19.7. The Kier molecular flexibility index (Phi) is 8.50. The minimum absolute atomic E-state index is 0.160. The maximum atomic E-state index is 14.6. The largest absolute Gasteiger partial charge is 0.513 e. The Hall–Kier alpha value is -3.65. The molecule has 0 N–H and O–H groups in total. The van der Waals surface area contributed by atoms with Gasteiger partial charge in [-0.2, -0.15) is 5.06 Å². The number of ether oxygens (including phenoxy) is 2. The van der Waals surface area contributed by atoms with Gasteiger partial charge in [0.15, 0.2) is 5.76 Å². The molecule has 0 radical (unpaired) electrons. The number of carbonyl (C=O) groups is 2. The third-order valence-electron chi connectivity index (χ3n) is 7.76. The summed E-state index contributed by atoms with van der Waals surface area (Å²) in [5, 5.41) is 2.49. The zero-order valence-electron chi connectivity index (χ0n) is 23.9. The molecule has 0 bridgehead atoms. The zero-order valence-corrected chi connectivity index (χ0v) is 24.7. The average Bonchev–Trinajstić information content (AvgIpc) is 3.16. The minimum Gasteiger partial charge on any atom is -0.434 e. The van der Waals surface area contributed by atoms with E-state index < -0.39 is 11.7 Å². The Balaban J connectivity index is 1.59. The molecule has 8 heteroatoms. The third-order valence-corrected chi connectivity index (χ3v) is 8.01. The van der Waals surface area contributed by atoms with E-state index in [-0.39, 0.29) is 12.5 Å². The van der Waals surface area contributed by atoms with Crippen LogP contribution in [0.1, 0.15) is 47.6 Å². The molecule has 0 aromatic heterocycles. The van der Waals surface area contributed by atoms with Gasteiger partial charge in [-0.15, -0.1) is 0 Å². The molecular formula is C33H35ClN2O5. The molecule has 2 heterocycles. The number of anilines is 1. The Labute approximate surface area is 246 Å². The lowest BCUT2D eigenvalue weighted by Gasteiger charge is -2.44. The van der Waals surface area contributed by atoms with Crippen LogP contribution in [-0.4, -0.2) is 42.4 Å². The summed E-state index contributed by atoms with van der Waals surface area (Å²) in [6, 6.07) is 21.3. The Bertz CT molecular complexity index is 1440. The van der Waals surface area contributed by atoms with E-state index in [1.54, 1.807) is 24.0 Å². The highest BCUT2D eigenvalue weighted by molar-refractivity contribution is 6.32. The smallest absolute Gasteiger partial charge is 0.434 e. The van der Waals surface area contributed by atoms with Crippen LogP contribution < -0.4 is 4.90 Å². The lowest BCUT2D eigenvalue weighted by atomic mass is 9.83. The van der Waals surface area contributed by atoms with Gasteiger partial charge in [0.2, 0.25) is 0 Å².